The highest BCUT2D eigenvalue weighted by Gasteiger charge is 2.13. The lowest BCUT2D eigenvalue weighted by atomic mass is 9.92. The zero-order valence-corrected chi connectivity index (χ0v) is 16.9. The molecule has 0 fully saturated rings. The summed E-state index contributed by atoms with van der Waals surface area (Å²) >= 11 is 0. The highest BCUT2D eigenvalue weighted by Crippen LogP contribution is 2.21. The van der Waals surface area contributed by atoms with Crippen molar-refractivity contribution >= 4 is 29.9 Å². The second kappa shape index (κ2) is 11.1. The van der Waals surface area contributed by atoms with Crippen molar-refractivity contribution in [2.24, 2.45) is 10.7 Å². The average molecular weight is 437 g/mol. The molecule has 2 aromatic carbocycles. The van der Waals surface area contributed by atoms with E-state index in [4.69, 9.17) is 5.73 Å². The molecule has 2 N–H and O–H groups in total. The Morgan fingerprint density at radius 3 is 2.04 bits per heavy atom. The molecule has 0 heterocycles. The van der Waals surface area contributed by atoms with Gasteiger partial charge in [0.2, 0.25) is 0 Å². The van der Waals surface area contributed by atoms with E-state index in [9.17, 15) is 0 Å². The zero-order chi connectivity index (χ0) is 16.5. The molecule has 0 spiro atoms. The van der Waals surface area contributed by atoms with Gasteiger partial charge in [-0.05, 0) is 31.4 Å². The van der Waals surface area contributed by atoms with Gasteiger partial charge in [0.15, 0.2) is 5.96 Å². The van der Waals surface area contributed by atoms with E-state index in [-0.39, 0.29) is 24.0 Å². The number of hydrogen-bond acceptors (Lipinski definition) is 1. The van der Waals surface area contributed by atoms with Crippen LogP contribution in [0.3, 0.4) is 0 Å². The summed E-state index contributed by atoms with van der Waals surface area (Å²) in [6.45, 7) is 6.69. The van der Waals surface area contributed by atoms with E-state index in [1.165, 1.54) is 11.1 Å². The molecule has 0 aliphatic carbocycles. The van der Waals surface area contributed by atoms with Crippen molar-refractivity contribution in [2.45, 2.75) is 26.2 Å². The van der Waals surface area contributed by atoms with Gasteiger partial charge in [-0.3, -0.25) is 4.99 Å². The molecule has 0 radical (unpaired) electrons. The lowest BCUT2D eigenvalue weighted by Gasteiger charge is -2.21. The van der Waals surface area contributed by atoms with Crippen LogP contribution in [0.2, 0.25) is 0 Å². The van der Waals surface area contributed by atoms with Crippen molar-refractivity contribution in [2.75, 3.05) is 19.6 Å². The molecule has 0 bridgehead atoms. The van der Waals surface area contributed by atoms with E-state index in [1.54, 1.807) is 0 Å². The van der Waals surface area contributed by atoms with Crippen molar-refractivity contribution in [3.63, 3.8) is 0 Å². The molecule has 4 heteroatoms. The summed E-state index contributed by atoms with van der Waals surface area (Å²) < 4.78 is 0. The number of nitrogens with zero attached hydrogens (tertiary/aromatic N) is 2. The number of rotatable bonds is 7. The lowest BCUT2D eigenvalue weighted by Crippen LogP contribution is -2.37. The maximum atomic E-state index is 6.13. The van der Waals surface area contributed by atoms with Crippen LogP contribution in [0.4, 0.5) is 0 Å². The topological polar surface area (TPSA) is 41.6 Å². The third kappa shape index (κ3) is 6.15. The summed E-state index contributed by atoms with van der Waals surface area (Å²) in [5.74, 6) is 0.983. The minimum atomic E-state index is 0. The minimum absolute atomic E-state index is 0. The van der Waals surface area contributed by atoms with Crippen LogP contribution in [0.1, 0.15) is 30.9 Å². The Kier molecular flexibility index (Phi) is 9.45. The summed E-state index contributed by atoms with van der Waals surface area (Å²) in [6.07, 6.45) is 0.972. The maximum absolute atomic E-state index is 6.13. The van der Waals surface area contributed by atoms with Gasteiger partial charge in [0.05, 0.1) is 0 Å². The molecular formula is C20H28IN3. The van der Waals surface area contributed by atoms with Crippen LogP contribution in [-0.4, -0.2) is 30.5 Å². The number of guanidine groups is 1. The quantitative estimate of drug-likeness (QED) is 0.399. The summed E-state index contributed by atoms with van der Waals surface area (Å²) in [5, 5.41) is 0. The Balaban J connectivity index is 0.00000288. The first kappa shape index (κ1) is 20.5. The summed E-state index contributed by atoms with van der Waals surface area (Å²) in [6, 6.07) is 21.2. The van der Waals surface area contributed by atoms with Crippen molar-refractivity contribution < 1.29 is 0 Å². The number of aliphatic imine (C=N–C) groups is 1. The molecule has 0 aliphatic heterocycles. The van der Waals surface area contributed by atoms with Gasteiger partial charge in [0.25, 0.3) is 0 Å². The largest absolute Gasteiger partial charge is 0.370 e. The summed E-state index contributed by atoms with van der Waals surface area (Å²) in [4.78, 5) is 6.75. The molecule has 3 nitrogen and oxygen atoms in total. The molecule has 1 unspecified atom stereocenters. The van der Waals surface area contributed by atoms with Gasteiger partial charge in [-0.1, -0.05) is 60.7 Å². The average Bonchev–Trinajstić information content (AvgIpc) is 2.61. The minimum Gasteiger partial charge on any atom is -0.370 e. The van der Waals surface area contributed by atoms with Crippen LogP contribution in [-0.2, 0) is 6.42 Å². The SMILES string of the molecule is CCN(CC)C(N)=NCC(Cc1ccccc1)c1ccccc1.I. The molecule has 1 atom stereocenters. The number of nitrogens with two attached hydrogens (primary N) is 1. The third-order valence-electron chi connectivity index (χ3n) is 4.16. The molecule has 2 rings (SSSR count). The van der Waals surface area contributed by atoms with E-state index >= 15 is 0 Å². The van der Waals surface area contributed by atoms with Crippen LogP contribution < -0.4 is 5.73 Å². The monoisotopic (exact) mass is 437 g/mol. The fraction of sp³-hybridized carbons (Fsp3) is 0.350. The fourth-order valence-corrected chi connectivity index (χ4v) is 2.76. The molecule has 0 amide bonds. The van der Waals surface area contributed by atoms with Crippen LogP contribution in [0.15, 0.2) is 65.7 Å². The molecule has 0 saturated carbocycles. The highest BCUT2D eigenvalue weighted by molar-refractivity contribution is 14.0. The first-order valence-electron chi connectivity index (χ1n) is 8.38. The Labute approximate surface area is 163 Å². The third-order valence-corrected chi connectivity index (χ3v) is 4.16. The molecular weight excluding hydrogens is 409 g/mol. The second-order valence-electron chi connectivity index (χ2n) is 5.67. The molecule has 0 aliphatic rings. The normalized spacial score (nSPS) is 12.3. The van der Waals surface area contributed by atoms with Crippen LogP contribution in [0.25, 0.3) is 0 Å². The van der Waals surface area contributed by atoms with E-state index in [1.807, 2.05) is 0 Å². The van der Waals surface area contributed by atoms with Gasteiger partial charge in [-0.2, -0.15) is 0 Å². The Morgan fingerprint density at radius 2 is 1.50 bits per heavy atom. The summed E-state index contributed by atoms with van der Waals surface area (Å²) in [7, 11) is 0. The molecule has 130 valence electrons. The van der Waals surface area contributed by atoms with E-state index in [0.29, 0.717) is 18.4 Å². The van der Waals surface area contributed by atoms with Crippen molar-refractivity contribution in [3.8, 4) is 0 Å². The lowest BCUT2D eigenvalue weighted by molar-refractivity contribution is 0.457. The van der Waals surface area contributed by atoms with Crippen molar-refractivity contribution in [1.82, 2.24) is 4.90 Å². The van der Waals surface area contributed by atoms with E-state index in [0.717, 1.165) is 19.5 Å². The van der Waals surface area contributed by atoms with Crippen molar-refractivity contribution in [1.29, 1.82) is 0 Å². The fourth-order valence-electron chi connectivity index (χ4n) is 2.76. The Hall–Kier alpha value is -1.56. The van der Waals surface area contributed by atoms with Crippen LogP contribution in [0, 0.1) is 0 Å². The molecule has 2 aromatic rings. The molecule has 24 heavy (non-hydrogen) atoms. The maximum Gasteiger partial charge on any atom is 0.191 e. The second-order valence-corrected chi connectivity index (χ2v) is 5.67. The van der Waals surface area contributed by atoms with Gasteiger partial charge in [-0.25, -0.2) is 0 Å². The smallest absolute Gasteiger partial charge is 0.191 e. The van der Waals surface area contributed by atoms with Gasteiger partial charge >= 0.3 is 0 Å². The van der Waals surface area contributed by atoms with Gasteiger partial charge in [0.1, 0.15) is 0 Å². The zero-order valence-electron chi connectivity index (χ0n) is 14.6. The van der Waals surface area contributed by atoms with E-state index < -0.39 is 0 Å². The molecule has 0 saturated heterocycles. The Bertz CT molecular complexity index is 595. The molecule has 0 aromatic heterocycles. The predicted octanol–water partition coefficient (Wildman–Crippen LogP) is 4.29. The van der Waals surface area contributed by atoms with Gasteiger partial charge in [-0.15, -0.1) is 24.0 Å². The van der Waals surface area contributed by atoms with Gasteiger partial charge < -0.3 is 10.6 Å². The Morgan fingerprint density at radius 1 is 0.958 bits per heavy atom. The van der Waals surface area contributed by atoms with E-state index in [2.05, 4.69) is 84.4 Å². The predicted molar refractivity (Wildman–Crippen MR) is 114 cm³/mol. The van der Waals surface area contributed by atoms with Crippen LogP contribution >= 0.6 is 24.0 Å². The standard InChI is InChI=1S/C20H27N3.HI/c1-3-23(4-2)20(21)22-16-19(18-13-9-6-10-14-18)15-17-11-7-5-8-12-17;/h5-14,19H,3-4,15-16H2,1-2H3,(H2,21,22);1H. The van der Waals surface area contributed by atoms with Crippen LogP contribution in [0.5, 0.6) is 0 Å². The highest BCUT2D eigenvalue weighted by atomic mass is 127. The number of halogens is 1. The first-order valence-corrected chi connectivity index (χ1v) is 8.38. The van der Waals surface area contributed by atoms with Crippen molar-refractivity contribution in [3.05, 3.63) is 71.8 Å². The summed E-state index contributed by atoms with van der Waals surface area (Å²) in [5.41, 5.74) is 8.78. The number of hydrogen-bond donors (Lipinski definition) is 1. The number of benzene rings is 2. The first-order chi connectivity index (χ1) is 11.2. The van der Waals surface area contributed by atoms with Gasteiger partial charge in [0, 0.05) is 25.6 Å².